The first-order valence-electron chi connectivity index (χ1n) is 9.98. The predicted octanol–water partition coefficient (Wildman–Crippen LogP) is 3.30. The summed E-state index contributed by atoms with van der Waals surface area (Å²) in [6.07, 6.45) is 4.57. The Morgan fingerprint density at radius 2 is 2.00 bits per heavy atom. The molecule has 0 saturated carbocycles. The van der Waals surface area contributed by atoms with Crippen LogP contribution in [0.15, 0.2) is 41.7 Å². The Morgan fingerprint density at radius 1 is 1.29 bits per heavy atom. The molecule has 2 aromatic rings. The molecule has 0 radical (unpaired) electrons. The number of halogens is 1. The summed E-state index contributed by atoms with van der Waals surface area (Å²) in [5, 5.41) is 8.74. The third-order valence-corrected chi connectivity index (χ3v) is 4.43. The van der Waals surface area contributed by atoms with Crippen molar-refractivity contribution in [3.8, 4) is 11.8 Å². The van der Waals surface area contributed by atoms with Gasteiger partial charge in [0.05, 0.1) is 19.5 Å². The van der Waals surface area contributed by atoms with E-state index in [0.29, 0.717) is 23.3 Å². The van der Waals surface area contributed by atoms with Gasteiger partial charge in [-0.1, -0.05) is 26.8 Å². The molecule has 0 aliphatic carbocycles. The number of hydrogen-bond donors (Lipinski definition) is 3. The highest BCUT2D eigenvalue weighted by Crippen LogP contribution is 2.36. The number of rotatable bonds is 8. The molecule has 0 saturated heterocycles. The van der Waals surface area contributed by atoms with Crippen LogP contribution in [0.2, 0.25) is 0 Å². The average molecular weight is 428 g/mol. The van der Waals surface area contributed by atoms with Crippen LogP contribution in [0.4, 0.5) is 10.2 Å². The molecule has 1 aromatic heterocycles. The zero-order chi connectivity index (χ0) is 23.4. The number of methoxy groups -OCH3 is 1. The lowest BCUT2D eigenvalue weighted by molar-refractivity contribution is 0.147. The minimum absolute atomic E-state index is 0.0872. The third kappa shape index (κ3) is 6.76. The van der Waals surface area contributed by atoms with Gasteiger partial charge in [0.1, 0.15) is 23.3 Å². The lowest BCUT2D eigenvalue weighted by Gasteiger charge is -2.25. The maximum atomic E-state index is 15.2. The highest BCUT2D eigenvalue weighted by molar-refractivity contribution is 5.99. The molecule has 9 heteroatoms. The molecule has 2 rings (SSSR count). The predicted molar refractivity (Wildman–Crippen MR) is 121 cm³/mol. The van der Waals surface area contributed by atoms with Crippen molar-refractivity contribution in [3.05, 3.63) is 53.5 Å². The van der Waals surface area contributed by atoms with Crippen LogP contribution in [-0.2, 0) is 5.67 Å². The normalized spacial score (nSPS) is 13.5. The second-order valence-corrected chi connectivity index (χ2v) is 6.28. The van der Waals surface area contributed by atoms with Gasteiger partial charge in [-0.05, 0) is 37.1 Å². The fourth-order valence-electron chi connectivity index (χ4n) is 2.80. The molecule has 8 nitrogen and oxygen atoms in total. The molecule has 0 spiro atoms. The number of aliphatic imine (C=N–C) groups is 1. The number of ether oxygens (including phenoxy) is 1. The minimum Gasteiger partial charge on any atom is -0.496 e. The number of alkyl halides is 1. The van der Waals surface area contributed by atoms with Crippen molar-refractivity contribution < 1.29 is 9.13 Å². The molecule has 1 heterocycles. The first-order chi connectivity index (χ1) is 14.9. The minimum atomic E-state index is -1.53. The van der Waals surface area contributed by atoms with Crippen molar-refractivity contribution in [3.63, 3.8) is 0 Å². The Morgan fingerprint density at radius 3 is 2.52 bits per heavy atom. The highest BCUT2D eigenvalue weighted by Gasteiger charge is 2.30. The molecular weight excluding hydrogens is 397 g/mol. The number of amidine groups is 1. The number of nitrogens with two attached hydrogens (primary N) is 3. The Bertz CT molecular complexity index is 951. The van der Waals surface area contributed by atoms with E-state index >= 15 is 4.39 Å². The number of nitriles is 1. The van der Waals surface area contributed by atoms with Gasteiger partial charge < -0.3 is 21.9 Å². The molecule has 0 fully saturated rings. The van der Waals surface area contributed by atoms with Crippen LogP contribution in [0.5, 0.6) is 5.75 Å². The summed E-state index contributed by atoms with van der Waals surface area (Å²) < 4.78 is 20.6. The summed E-state index contributed by atoms with van der Waals surface area (Å²) >= 11 is 0. The van der Waals surface area contributed by atoms with E-state index in [0.717, 1.165) is 0 Å². The van der Waals surface area contributed by atoms with Crippen LogP contribution in [0, 0.1) is 11.3 Å². The van der Waals surface area contributed by atoms with Crippen LogP contribution in [0.3, 0.4) is 0 Å². The number of nitrogens with zero attached hydrogens (tertiary/aromatic N) is 4. The van der Waals surface area contributed by atoms with E-state index in [1.54, 1.807) is 25.1 Å². The summed E-state index contributed by atoms with van der Waals surface area (Å²) in [6, 6.07) is 6.83. The van der Waals surface area contributed by atoms with Crippen molar-refractivity contribution in [2.75, 3.05) is 13.7 Å². The monoisotopic (exact) mass is 427 g/mol. The Balaban J connectivity index is 0.00000233. The average Bonchev–Trinajstić information content (AvgIpc) is 2.80. The number of benzene rings is 1. The van der Waals surface area contributed by atoms with E-state index in [9.17, 15) is 0 Å². The summed E-state index contributed by atoms with van der Waals surface area (Å²) in [5.74, 6) is 0.735. The molecular formula is C22H30FN7O. The second kappa shape index (κ2) is 12.2. The lowest BCUT2D eigenvalue weighted by atomic mass is 9.88. The van der Waals surface area contributed by atoms with Crippen LogP contribution in [0.1, 0.15) is 50.4 Å². The van der Waals surface area contributed by atoms with E-state index in [-0.39, 0.29) is 36.0 Å². The molecule has 0 bridgehead atoms. The SMILES string of the molecule is CC.CCC(F)(CCN)c1ccc(/C(N)=C/C(N)=Nc2cnc(C#N)cn2)c(OC)c1. The lowest BCUT2D eigenvalue weighted by Crippen LogP contribution is -2.23. The van der Waals surface area contributed by atoms with Gasteiger partial charge in [0.25, 0.3) is 0 Å². The second-order valence-electron chi connectivity index (χ2n) is 6.28. The van der Waals surface area contributed by atoms with E-state index in [1.165, 1.54) is 25.6 Å². The molecule has 6 N–H and O–H groups in total. The van der Waals surface area contributed by atoms with Gasteiger partial charge in [-0.25, -0.2) is 19.4 Å². The van der Waals surface area contributed by atoms with Crippen LogP contribution < -0.4 is 21.9 Å². The molecule has 0 amide bonds. The first-order valence-corrected chi connectivity index (χ1v) is 9.98. The van der Waals surface area contributed by atoms with Crippen LogP contribution in [-0.4, -0.2) is 29.5 Å². The quantitative estimate of drug-likeness (QED) is 0.432. The van der Waals surface area contributed by atoms with Crippen LogP contribution >= 0.6 is 0 Å². The van der Waals surface area contributed by atoms with E-state index in [2.05, 4.69) is 15.0 Å². The largest absolute Gasteiger partial charge is 0.496 e. The van der Waals surface area contributed by atoms with Gasteiger partial charge >= 0.3 is 0 Å². The zero-order valence-corrected chi connectivity index (χ0v) is 18.4. The van der Waals surface area contributed by atoms with Crippen molar-refractivity contribution in [2.45, 2.75) is 39.3 Å². The Kier molecular flexibility index (Phi) is 10.1. The van der Waals surface area contributed by atoms with Gasteiger partial charge in [0.2, 0.25) is 0 Å². The van der Waals surface area contributed by atoms with Crippen molar-refractivity contribution >= 4 is 17.4 Å². The van der Waals surface area contributed by atoms with Crippen LogP contribution in [0.25, 0.3) is 5.70 Å². The van der Waals surface area contributed by atoms with Gasteiger partial charge in [0.15, 0.2) is 11.5 Å². The molecule has 1 aromatic carbocycles. The standard InChI is InChI=1S/C20H24FN7O.C2H6/c1-3-20(21,6-7-22)13-4-5-15(17(8-13)29-2)16(24)9-18(25)28-19-12-26-14(10-23)11-27-19;1-2/h4-5,8-9,11-12H,3,6-7,22,24H2,1-2H3,(H2,25,27,28);1-2H3/b16-9-;. The zero-order valence-electron chi connectivity index (χ0n) is 18.4. The smallest absolute Gasteiger partial charge is 0.172 e. The fourth-order valence-corrected chi connectivity index (χ4v) is 2.80. The highest BCUT2D eigenvalue weighted by atomic mass is 19.1. The van der Waals surface area contributed by atoms with E-state index < -0.39 is 5.67 Å². The third-order valence-electron chi connectivity index (χ3n) is 4.43. The summed E-state index contributed by atoms with van der Waals surface area (Å²) in [7, 11) is 1.48. The Labute approximate surface area is 182 Å². The first kappa shape index (κ1) is 25.5. The molecule has 1 unspecified atom stereocenters. The van der Waals surface area contributed by atoms with Crippen molar-refractivity contribution in [2.24, 2.45) is 22.2 Å². The van der Waals surface area contributed by atoms with Gasteiger partial charge in [-0.2, -0.15) is 5.26 Å². The van der Waals surface area contributed by atoms with Crippen molar-refractivity contribution in [1.82, 2.24) is 9.97 Å². The molecule has 166 valence electrons. The van der Waals surface area contributed by atoms with Crippen molar-refractivity contribution in [1.29, 1.82) is 5.26 Å². The molecule has 31 heavy (non-hydrogen) atoms. The van der Waals surface area contributed by atoms with Gasteiger partial charge in [-0.15, -0.1) is 0 Å². The van der Waals surface area contributed by atoms with E-state index in [4.69, 9.17) is 27.2 Å². The summed E-state index contributed by atoms with van der Waals surface area (Å²) in [4.78, 5) is 11.9. The topological polar surface area (TPSA) is 149 Å². The maximum Gasteiger partial charge on any atom is 0.172 e. The number of aromatic nitrogens is 2. The maximum absolute atomic E-state index is 15.2. The Hall–Kier alpha value is -3.51. The fraction of sp³-hybridized carbons (Fsp3) is 0.364. The number of hydrogen-bond acceptors (Lipinski definition) is 7. The van der Waals surface area contributed by atoms with Gasteiger partial charge in [-0.3, -0.25) is 0 Å². The molecule has 1 atom stereocenters. The summed E-state index contributed by atoms with van der Waals surface area (Å²) in [5.41, 5.74) is 17.6. The molecule has 0 aliphatic heterocycles. The summed E-state index contributed by atoms with van der Waals surface area (Å²) in [6.45, 7) is 6.01. The van der Waals surface area contributed by atoms with E-state index in [1.807, 2.05) is 19.9 Å². The van der Waals surface area contributed by atoms with Gasteiger partial charge in [0, 0.05) is 17.3 Å². The molecule has 0 aliphatic rings.